The molecule has 2 aromatic rings. The highest BCUT2D eigenvalue weighted by Gasteiger charge is 2.24. The molecule has 1 saturated heterocycles. The zero-order valence-electron chi connectivity index (χ0n) is 14.0. The minimum absolute atomic E-state index is 0.0554. The molecule has 0 bridgehead atoms. The van der Waals surface area contributed by atoms with Crippen molar-refractivity contribution in [3.63, 3.8) is 0 Å². The fourth-order valence-corrected chi connectivity index (χ4v) is 3.80. The highest BCUT2D eigenvalue weighted by Crippen LogP contribution is 2.26. The van der Waals surface area contributed by atoms with Crippen LogP contribution in [0, 0.1) is 6.92 Å². The van der Waals surface area contributed by atoms with Crippen LogP contribution < -0.4 is 10.1 Å². The van der Waals surface area contributed by atoms with Gasteiger partial charge in [-0.2, -0.15) is 11.3 Å². The number of benzene rings is 1. The van der Waals surface area contributed by atoms with Gasteiger partial charge in [-0.05, 0) is 72.9 Å². The minimum Gasteiger partial charge on any atom is -0.484 e. The van der Waals surface area contributed by atoms with E-state index in [0.29, 0.717) is 6.54 Å². The van der Waals surface area contributed by atoms with Gasteiger partial charge in [0.1, 0.15) is 5.75 Å². The van der Waals surface area contributed by atoms with Crippen molar-refractivity contribution in [3.05, 3.63) is 52.2 Å². The first-order valence-electron chi connectivity index (χ1n) is 8.45. The van der Waals surface area contributed by atoms with Gasteiger partial charge in [0.2, 0.25) is 0 Å². The molecular formula is C19H24N2O2S. The van der Waals surface area contributed by atoms with Crippen molar-refractivity contribution in [2.75, 3.05) is 26.2 Å². The Morgan fingerprint density at radius 2 is 2.17 bits per heavy atom. The number of carbonyl (C=O) groups is 1. The Morgan fingerprint density at radius 1 is 1.33 bits per heavy atom. The number of hydrogen-bond acceptors (Lipinski definition) is 4. The van der Waals surface area contributed by atoms with E-state index in [9.17, 15) is 4.79 Å². The molecule has 1 aromatic carbocycles. The Morgan fingerprint density at radius 3 is 2.88 bits per heavy atom. The molecule has 0 aliphatic carbocycles. The summed E-state index contributed by atoms with van der Waals surface area (Å²) in [5.74, 6) is 0.662. The molecule has 1 atom stereocenters. The van der Waals surface area contributed by atoms with Crippen LogP contribution in [0.1, 0.15) is 30.0 Å². The topological polar surface area (TPSA) is 41.6 Å². The third kappa shape index (κ3) is 4.58. The molecular weight excluding hydrogens is 320 g/mol. The SMILES string of the molecule is Cc1cccc(OCC(=O)NCC(c2ccsc2)N2CCCC2)c1. The predicted molar refractivity (Wildman–Crippen MR) is 97.6 cm³/mol. The molecule has 0 saturated carbocycles. The van der Waals surface area contributed by atoms with Gasteiger partial charge in [-0.3, -0.25) is 9.69 Å². The van der Waals surface area contributed by atoms with Crippen molar-refractivity contribution in [1.29, 1.82) is 0 Å². The van der Waals surface area contributed by atoms with Gasteiger partial charge in [0.15, 0.2) is 6.61 Å². The van der Waals surface area contributed by atoms with Crippen LogP contribution in [0.25, 0.3) is 0 Å². The van der Waals surface area contributed by atoms with Crippen molar-refractivity contribution in [2.24, 2.45) is 0 Å². The van der Waals surface area contributed by atoms with E-state index in [0.717, 1.165) is 24.4 Å². The predicted octanol–water partition coefficient (Wildman–Crippen LogP) is 3.39. The molecule has 1 amide bonds. The standard InChI is InChI=1S/C19H24N2O2S/c1-15-5-4-6-17(11-15)23-13-19(22)20-12-18(16-7-10-24-14-16)21-8-2-3-9-21/h4-7,10-11,14,18H,2-3,8-9,12-13H2,1H3,(H,20,22). The first-order chi connectivity index (χ1) is 11.7. The fourth-order valence-electron chi connectivity index (χ4n) is 3.09. The number of hydrogen-bond donors (Lipinski definition) is 1. The number of nitrogens with zero attached hydrogens (tertiary/aromatic N) is 1. The van der Waals surface area contributed by atoms with E-state index in [-0.39, 0.29) is 18.6 Å². The van der Waals surface area contributed by atoms with Crippen molar-refractivity contribution >= 4 is 17.2 Å². The molecule has 0 spiro atoms. The van der Waals surface area contributed by atoms with Gasteiger partial charge in [-0.1, -0.05) is 12.1 Å². The summed E-state index contributed by atoms with van der Waals surface area (Å²) in [6, 6.07) is 10.2. The van der Waals surface area contributed by atoms with E-state index < -0.39 is 0 Å². The summed E-state index contributed by atoms with van der Waals surface area (Å²) in [5, 5.41) is 7.31. The lowest BCUT2D eigenvalue weighted by molar-refractivity contribution is -0.123. The van der Waals surface area contributed by atoms with Crippen LogP contribution in [0.5, 0.6) is 5.75 Å². The fraction of sp³-hybridized carbons (Fsp3) is 0.421. The maximum absolute atomic E-state index is 12.1. The number of amides is 1. The van der Waals surface area contributed by atoms with E-state index in [1.54, 1.807) is 11.3 Å². The summed E-state index contributed by atoms with van der Waals surface area (Å²) in [6.07, 6.45) is 2.48. The zero-order valence-corrected chi connectivity index (χ0v) is 14.8. The smallest absolute Gasteiger partial charge is 0.258 e. The van der Waals surface area contributed by atoms with Gasteiger partial charge in [0.25, 0.3) is 5.91 Å². The minimum atomic E-state index is -0.0732. The summed E-state index contributed by atoms with van der Waals surface area (Å²) < 4.78 is 5.57. The summed E-state index contributed by atoms with van der Waals surface area (Å²) in [4.78, 5) is 14.6. The second-order valence-electron chi connectivity index (χ2n) is 6.22. The van der Waals surface area contributed by atoms with Crippen LogP contribution in [0.2, 0.25) is 0 Å². The Labute approximate surface area is 147 Å². The van der Waals surface area contributed by atoms with Gasteiger partial charge in [0.05, 0.1) is 6.04 Å². The maximum Gasteiger partial charge on any atom is 0.258 e. The molecule has 2 heterocycles. The van der Waals surface area contributed by atoms with Gasteiger partial charge < -0.3 is 10.1 Å². The molecule has 128 valence electrons. The van der Waals surface area contributed by atoms with Gasteiger partial charge in [-0.25, -0.2) is 0 Å². The maximum atomic E-state index is 12.1. The number of ether oxygens (including phenoxy) is 1. The molecule has 4 nitrogen and oxygen atoms in total. The monoisotopic (exact) mass is 344 g/mol. The first kappa shape index (κ1) is 17.0. The molecule has 1 aliphatic heterocycles. The molecule has 1 fully saturated rings. The van der Waals surface area contributed by atoms with Crippen LogP contribution in [0.15, 0.2) is 41.1 Å². The Kier molecular flexibility index (Phi) is 5.88. The van der Waals surface area contributed by atoms with E-state index >= 15 is 0 Å². The van der Waals surface area contributed by atoms with Gasteiger partial charge in [-0.15, -0.1) is 0 Å². The average Bonchev–Trinajstić information content (AvgIpc) is 3.27. The molecule has 1 aromatic heterocycles. The van der Waals surface area contributed by atoms with Crippen LogP contribution in [0.3, 0.4) is 0 Å². The molecule has 1 N–H and O–H groups in total. The second-order valence-corrected chi connectivity index (χ2v) is 7.00. The molecule has 1 unspecified atom stereocenters. The summed E-state index contributed by atoms with van der Waals surface area (Å²) >= 11 is 1.71. The van der Waals surface area contributed by atoms with Gasteiger partial charge >= 0.3 is 0 Å². The second kappa shape index (κ2) is 8.31. The molecule has 0 radical (unpaired) electrons. The van der Waals surface area contributed by atoms with E-state index in [2.05, 4.69) is 27.0 Å². The number of rotatable bonds is 7. The van der Waals surface area contributed by atoms with Crippen molar-refractivity contribution in [3.8, 4) is 5.75 Å². The first-order valence-corrected chi connectivity index (χ1v) is 9.39. The van der Waals surface area contributed by atoms with Crippen molar-refractivity contribution < 1.29 is 9.53 Å². The molecule has 24 heavy (non-hydrogen) atoms. The van der Waals surface area contributed by atoms with E-state index in [1.807, 2.05) is 31.2 Å². The Bertz CT molecular complexity index is 651. The Hall–Kier alpha value is -1.85. The zero-order chi connectivity index (χ0) is 16.8. The van der Waals surface area contributed by atoms with E-state index in [4.69, 9.17) is 4.74 Å². The quantitative estimate of drug-likeness (QED) is 0.837. The highest BCUT2D eigenvalue weighted by molar-refractivity contribution is 7.07. The third-order valence-corrected chi connectivity index (χ3v) is 5.06. The van der Waals surface area contributed by atoms with Crippen LogP contribution >= 0.6 is 11.3 Å². The number of carbonyl (C=O) groups excluding carboxylic acids is 1. The van der Waals surface area contributed by atoms with E-state index in [1.165, 1.54) is 18.4 Å². The Balaban J connectivity index is 1.51. The molecule has 1 aliphatic rings. The molecule has 5 heteroatoms. The lowest BCUT2D eigenvalue weighted by atomic mass is 10.1. The van der Waals surface area contributed by atoms with Crippen molar-refractivity contribution in [1.82, 2.24) is 10.2 Å². The molecule has 3 rings (SSSR count). The lowest BCUT2D eigenvalue weighted by Gasteiger charge is -2.27. The van der Waals surface area contributed by atoms with Crippen LogP contribution in [-0.4, -0.2) is 37.0 Å². The summed E-state index contributed by atoms with van der Waals surface area (Å²) in [7, 11) is 0. The number of thiophene rings is 1. The van der Waals surface area contributed by atoms with Crippen LogP contribution in [0.4, 0.5) is 0 Å². The van der Waals surface area contributed by atoms with Crippen LogP contribution in [-0.2, 0) is 4.79 Å². The average molecular weight is 344 g/mol. The largest absolute Gasteiger partial charge is 0.484 e. The lowest BCUT2D eigenvalue weighted by Crippen LogP contribution is -2.38. The normalized spacial score (nSPS) is 16.0. The van der Waals surface area contributed by atoms with Crippen molar-refractivity contribution in [2.45, 2.75) is 25.8 Å². The summed E-state index contributed by atoms with van der Waals surface area (Å²) in [6.45, 7) is 4.91. The number of likely N-dealkylation sites (tertiary alicyclic amines) is 1. The highest BCUT2D eigenvalue weighted by atomic mass is 32.1. The number of nitrogens with one attached hydrogen (secondary N) is 1. The van der Waals surface area contributed by atoms with Gasteiger partial charge in [0, 0.05) is 6.54 Å². The summed E-state index contributed by atoms with van der Waals surface area (Å²) in [5.41, 5.74) is 2.42. The number of aryl methyl sites for hydroxylation is 1. The third-order valence-electron chi connectivity index (χ3n) is 4.36.